The van der Waals surface area contributed by atoms with Crippen LogP contribution in [0.25, 0.3) is 22.3 Å². The van der Waals surface area contributed by atoms with E-state index in [-0.39, 0.29) is 0 Å². The van der Waals surface area contributed by atoms with Crippen LogP contribution >= 0.6 is 0 Å². The topological polar surface area (TPSA) is 52.5 Å². The van der Waals surface area contributed by atoms with Crippen molar-refractivity contribution >= 4 is 0 Å². The third kappa shape index (κ3) is 2.07. The van der Waals surface area contributed by atoms with Crippen LogP contribution in [0.5, 0.6) is 0 Å². The lowest BCUT2D eigenvalue weighted by Gasteiger charge is -2.37. The van der Waals surface area contributed by atoms with Crippen LogP contribution in [0.4, 0.5) is 0 Å². The van der Waals surface area contributed by atoms with Crippen LogP contribution in [0.1, 0.15) is 22.3 Å². The van der Waals surface area contributed by atoms with E-state index in [1.54, 1.807) is 0 Å². The van der Waals surface area contributed by atoms with E-state index in [1.165, 1.54) is 0 Å². The molecule has 0 heterocycles. The maximum atomic E-state index is 12.0. The van der Waals surface area contributed by atoms with Crippen molar-refractivity contribution in [1.29, 1.82) is 0 Å². The summed E-state index contributed by atoms with van der Waals surface area (Å²) in [6.07, 6.45) is 0. The van der Waals surface area contributed by atoms with Gasteiger partial charge in [0.05, 0.1) is 0 Å². The summed E-state index contributed by atoms with van der Waals surface area (Å²) in [6.45, 7) is 0. The monoisotopic (exact) mass is 377 g/mol. The van der Waals surface area contributed by atoms with Crippen molar-refractivity contribution in [2.45, 2.75) is 11.4 Å². The predicted molar refractivity (Wildman–Crippen MR) is 113 cm³/mol. The second kappa shape index (κ2) is 5.65. The van der Waals surface area contributed by atoms with E-state index < -0.39 is 11.4 Å². The molecule has 0 unspecified atom stereocenters. The highest BCUT2D eigenvalue weighted by molar-refractivity contribution is 5.82. The van der Waals surface area contributed by atoms with Gasteiger partial charge in [-0.2, -0.15) is 0 Å². The maximum Gasteiger partial charge on any atom is 0.172 e. The van der Waals surface area contributed by atoms with Crippen molar-refractivity contribution in [3.63, 3.8) is 0 Å². The fraction of sp³-hybridized carbons (Fsp3) is 0.0769. The second-order valence-corrected chi connectivity index (χ2v) is 7.73. The fourth-order valence-corrected chi connectivity index (χ4v) is 4.96. The summed E-state index contributed by atoms with van der Waals surface area (Å²) >= 11 is 0. The van der Waals surface area contributed by atoms with Gasteiger partial charge in [0.1, 0.15) is 0 Å². The third-order valence-corrected chi connectivity index (χ3v) is 6.21. The zero-order valence-corrected chi connectivity index (χ0v) is 15.6. The highest BCUT2D eigenvalue weighted by Crippen LogP contribution is 2.51. The van der Waals surface area contributed by atoms with Crippen molar-refractivity contribution in [2.75, 3.05) is 0 Å². The minimum atomic E-state index is -1.52. The van der Waals surface area contributed by atoms with Crippen LogP contribution in [-0.4, -0.2) is 10.2 Å². The number of fused-ring (bicyclic) bond motifs is 6. The Bertz CT molecular complexity index is 1090. The van der Waals surface area contributed by atoms with Crippen LogP contribution in [0.2, 0.25) is 0 Å². The Labute approximate surface area is 168 Å². The van der Waals surface area contributed by atoms with Crippen molar-refractivity contribution < 1.29 is 10.2 Å². The van der Waals surface area contributed by atoms with Gasteiger partial charge in [0.25, 0.3) is 0 Å². The zero-order valence-electron chi connectivity index (χ0n) is 15.6. The molecule has 0 radical (unpaired) electrons. The van der Waals surface area contributed by atoms with E-state index in [1.807, 2.05) is 97.1 Å². The predicted octanol–water partition coefficient (Wildman–Crippen LogP) is 4.32. The Kier molecular flexibility index (Phi) is 3.25. The summed E-state index contributed by atoms with van der Waals surface area (Å²) in [6, 6.07) is 31.2. The average molecular weight is 377 g/mol. The summed E-state index contributed by atoms with van der Waals surface area (Å²) in [4.78, 5) is 0. The highest BCUT2D eigenvalue weighted by atomic mass is 16.3. The quantitative estimate of drug-likeness (QED) is 0.456. The van der Waals surface area contributed by atoms with Gasteiger partial charge in [-0.3, -0.25) is 0 Å². The molecule has 0 amide bonds. The Balaban J connectivity index is 1.60. The Morgan fingerprint density at radius 3 is 0.931 bits per heavy atom. The molecule has 0 fully saturated rings. The summed E-state index contributed by atoms with van der Waals surface area (Å²) in [5, 5.41) is 27.3. The molecular weight excluding hydrogens is 358 g/mol. The summed E-state index contributed by atoms with van der Waals surface area (Å²) in [5.74, 6) is 0. The number of benzene rings is 4. The van der Waals surface area contributed by atoms with Gasteiger partial charge >= 0.3 is 0 Å². The van der Waals surface area contributed by atoms with Gasteiger partial charge in [0.15, 0.2) is 11.4 Å². The lowest BCUT2D eigenvalue weighted by molar-refractivity contribution is -0.0627. The van der Waals surface area contributed by atoms with Crippen LogP contribution < -0.4 is 5.32 Å². The maximum absolute atomic E-state index is 12.0. The van der Waals surface area contributed by atoms with E-state index in [2.05, 4.69) is 5.32 Å². The van der Waals surface area contributed by atoms with Gasteiger partial charge in [-0.1, -0.05) is 97.1 Å². The van der Waals surface area contributed by atoms with Crippen molar-refractivity contribution in [1.82, 2.24) is 5.32 Å². The molecule has 0 saturated carbocycles. The van der Waals surface area contributed by atoms with Gasteiger partial charge in [-0.25, -0.2) is 5.32 Å². The molecule has 4 aromatic carbocycles. The Hall–Kier alpha value is -3.24. The third-order valence-electron chi connectivity index (χ3n) is 6.21. The van der Waals surface area contributed by atoms with E-state index in [9.17, 15) is 10.2 Å². The second-order valence-electron chi connectivity index (χ2n) is 7.73. The molecular formula is C26H19NO2. The molecule has 3 heteroatoms. The van der Waals surface area contributed by atoms with E-state index in [0.29, 0.717) is 0 Å². The average Bonchev–Trinajstić information content (AvgIpc) is 3.17. The largest absolute Gasteiger partial charge is 0.367 e. The number of nitrogens with one attached hydrogen (secondary N) is 1. The van der Waals surface area contributed by atoms with Gasteiger partial charge in [-0.05, 0) is 22.3 Å². The van der Waals surface area contributed by atoms with Gasteiger partial charge in [0, 0.05) is 22.3 Å². The smallest absolute Gasteiger partial charge is 0.172 e. The van der Waals surface area contributed by atoms with Crippen LogP contribution in [0.3, 0.4) is 0 Å². The van der Waals surface area contributed by atoms with Gasteiger partial charge < -0.3 is 10.2 Å². The van der Waals surface area contributed by atoms with Crippen LogP contribution in [0, 0.1) is 0 Å². The number of rotatable bonds is 2. The SMILES string of the molecule is OC1(NC2(O)c3ccccc3-c3ccccc32)c2ccccc2-c2ccccc21. The molecule has 2 aliphatic rings. The standard InChI is InChI=1S/C26H19NO2/c28-25(21-13-5-1-9-17(21)18-10-2-6-14-22(18)25)27-26(29)23-15-7-3-11-19(23)20-12-4-8-16-24(20)26/h1-16,27-29H. The number of hydrogen-bond acceptors (Lipinski definition) is 3. The fourth-order valence-electron chi connectivity index (χ4n) is 4.96. The minimum absolute atomic E-state index is 0.747. The van der Waals surface area contributed by atoms with E-state index >= 15 is 0 Å². The normalized spacial score (nSPS) is 16.6. The van der Waals surface area contributed by atoms with Crippen LogP contribution in [-0.2, 0) is 11.4 Å². The number of hydrogen-bond donors (Lipinski definition) is 3. The van der Waals surface area contributed by atoms with Crippen molar-refractivity contribution in [3.05, 3.63) is 119 Å². The van der Waals surface area contributed by atoms with Gasteiger partial charge in [0.2, 0.25) is 0 Å². The summed E-state index contributed by atoms with van der Waals surface area (Å²) < 4.78 is 0. The van der Waals surface area contributed by atoms with Crippen molar-refractivity contribution in [3.8, 4) is 22.3 Å². The highest BCUT2D eigenvalue weighted by Gasteiger charge is 2.51. The molecule has 6 rings (SSSR count). The summed E-state index contributed by atoms with van der Waals surface area (Å²) in [5.41, 5.74) is 3.84. The van der Waals surface area contributed by atoms with Gasteiger partial charge in [-0.15, -0.1) is 0 Å². The Morgan fingerprint density at radius 2 is 0.655 bits per heavy atom. The molecule has 4 aromatic rings. The van der Waals surface area contributed by atoms with Crippen LogP contribution in [0.15, 0.2) is 97.1 Å². The first-order valence-electron chi connectivity index (χ1n) is 9.76. The molecule has 29 heavy (non-hydrogen) atoms. The molecule has 2 aliphatic carbocycles. The molecule has 140 valence electrons. The molecule has 3 nitrogen and oxygen atoms in total. The molecule has 0 saturated heterocycles. The first-order valence-corrected chi connectivity index (χ1v) is 9.76. The molecule has 0 bridgehead atoms. The van der Waals surface area contributed by atoms with E-state index in [0.717, 1.165) is 44.5 Å². The first-order chi connectivity index (χ1) is 14.1. The Morgan fingerprint density at radius 1 is 0.414 bits per heavy atom. The number of aliphatic hydroxyl groups is 2. The first kappa shape index (κ1) is 16.7. The molecule has 0 aliphatic heterocycles. The van der Waals surface area contributed by atoms with E-state index in [4.69, 9.17) is 0 Å². The molecule has 3 N–H and O–H groups in total. The zero-order chi connectivity index (χ0) is 19.6. The molecule has 0 atom stereocenters. The van der Waals surface area contributed by atoms with Crippen molar-refractivity contribution in [2.24, 2.45) is 0 Å². The summed E-state index contributed by atoms with van der Waals surface area (Å²) in [7, 11) is 0. The molecule has 0 aromatic heterocycles. The minimum Gasteiger partial charge on any atom is -0.367 e. The molecule has 0 spiro atoms. The lowest BCUT2D eigenvalue weighted by Crippen LogP contribution is -2.54. The lowest BCUT2D eigenvalue weighted by atomic mass is 9.94.